The summed E-state index contributed by atoms with van der Waals surface area (Å²) in [6, 6.07) is 11.9. The number of amides is 1. The minimum Gasteiger partial charge on any atom is -0.457 e. The van der Waals surface area contributed by atoms with E-state index in [0.29, 0.717) is 11.5 Å². The molecule has 0 aliphatic carbocycles. The van der Waals surface area contributed by atoms with E-state index in [9.17, 15) is 18.0 Å². The smallest absolute Gasteiger partial charge is 0.417 e. The number of halogens is 3. The van der Waals surface area contributed by atoms with E-state index in [1.807, 2.05) is 26.1 Å². The van der Waals surface area contributed by atoms with Gasteiger partial charge in [-0.25, -0.2) is 0 Å². The number of nitrogens with two attached hydrogens (primary N) is 1. The maximum atomic E-state index is 13.4. The maximum Gasteiger partial charge on any atom is 0.417 e. The van der Waals surface area contributed by atoms with E-state index in [1.54, 1.807) is 16.8 Å². The van der Waals surface area contributed by atoms with Crippen LogP contribution < -0.4 is 10.5 Å². The third kappa shape index (κ3) is 3.94. The zero-order valence-electron chi connectivity index (χ0n) is 16.6. The first-order valence-corrected chi connectivity index (χ1v) is 9.22. The number of nitrogens with zero attached hydrogens (tertiary/aromatic N) is 3. The van der Waals surface area contributed by atoms with Crippen LogP contribution in [0.5, 0.6) is 11.5 Å². The van der Waals surface area contributed by atoms with Crippen molar-refractivity contribution in [1.29, 1.82) is 0 Å². The molecule has 4 aromatic rings. The molecule has 0 aliphatic rings. The first kappa shape index (κ1) is 20.4. The third-order valence-corrected chi connectivity index (χ3v) is 4.86. The molecule has 2 aromatic carbocycles. The average molecular weight is 426 g/mol. The van der Waals surface area contributed by atoms with Gasteiger partial charge in [-0.15, -0.1) is 0 Å². The Morgan fingerprint density at radius 2 is 1.81 bits per heavy atom. The molecule has 31 heavy (non-hydrogen) atoms. The summed E-state index contributed by atoms with van der Waals surface area (Å²) >= 11 is 0. The number of alkyl halides is 3. The zero-order valence-corrected chi connectivity index (χ0v) is 16.6. The van der Waals surface area contributed by atoms with Gasteiger partial charge in [-0.2, -0.15) is 18.3 Å². The highest BCUT2D eigenvalue weighted by molar-refractivity contribution is 5.95. The summed E-state index contributed by atoms with van der Waals surface area (Å²) in [4.78, 5) is 15.5. The van der Waals surface area contributed by atoms with Crippen LogP contribution >= 0.6 is 0 Å². The van der Waals surface area contributed by atoms with E-state index in [0.717, 1.165) is 28.7 Å². The number of fused-ring (bicyclic) bond motifs is 1. The van der Waals surface area contributed by atoms with Gasteiger partial charge in [-0.1, -0.05) is 6.07 Å². The normalized spacial score (nSPS) is 11.6. The number of hydrogen-bond acceptors (Lipinski definition) is 4. The van der Waals surface area contributed by atoms with Crippen molar-refractivity contribution in [3.8, 4) is 22.8 Å². The highest BCUT2D eigenvalue weighted by atomic mass is 19.4. The summed E-state index contributed by atoms with van der Waals surface area (Å²) in [5, 5.41) is 5.37. The molecule has 0 saturated carbocycles. The molecule has 0 atom stereocenters. The summed E-state index contributed by atoms with van der Waals surface area (Å²) < 4.78 is 47.8. The first-order valence-electron chi connectivity index (χ1n) is 9.22. The number of aryl methyl sites for hydroxylation is 2. The number of pyridine rings is 1. The predicted molar refractivity (Wildman–Crippen MR) is 109 cm³/mol. The lowest BCUT2D eigenvalue weighted by Gasteiger charge is -2.13. The number of rotatable bonds is 4. The van der Waals surface area contributed by atoms with E-state index < -0.39 is 23.2 Å². The van der Waals surface area contributed by atoms with Gasteiger partial charge < -0.3 is 10.5 Å². The minimum absolute atomic E-state index is 0.181. The second-order valence-electron chi connectivity index (χ2n) is 6.99. The third-order valence-electron chi connectivity index (χ3n) is 4.86. The molecular formula is C22H17F3N4O2. The van der Waals surface area contributed by atoms with E-state index in [4.69, 9.17) is 10.5 Å². The van der Waals surface area contributed by atoms with E-state index in [1.165, 1.54) is 18.3 Å². The van der Waals surface area contributed by atoms with Crippen LogP contribution in [0.2, 0.25) is 0 Å². The van der Waals surface area contributed by atoms with Gasteiger partial charge in [0.15, 0.2) is 0 Å². The standard InChI is InChI=1S/C22H17F3N4O2/c1-12-16-6-4-14(11-20(16)29(2)28-12)31-15-7-8-27-19(10-15)13-3-5-17(21(26)30)18(9-13)22(23,24)25/h3-11H,1-2H3,(H2,26,30). The lowest BCUT2D eigenvalue weighted by Crippen LogP contribution is -2.18. The van der Waals surface area contributed by atoms with Crippen LogP contribution in [0.4, 0.5) is 13.2 Å². The largest absolute Gasteiger partial charge is 0.457 e. The SMILES string of the molecule is Cc1nn(C)c2cc(Oc3ccnc(-c4ccc(C(N)=O)c(C(F)(F)F)c4)c3)ccc12. The van der Waals surface area contributed by atoms with Crippen molar-refractivity contribution >= 4 is 16.8 Å². The number of benzene rings is 2. The van der Waals surface area contributed by atoms with Crippen LogP contribution in [0.25, 0.3) is 22.2 Å². The number of ether oxygens (including phenoxy) is 1. The summed E-state index contributed by atoms with van der Waals surface area (Å²) in [5.74, 6) is -0.201. The van der Waals surface area contributed by atoms with Gasteiger partial charge in [0.05, 0.1) is 28.0 Å². The summed E-state index contributed by atoms with van der Waals surface area (Å²) in [7, 11) is 1.83. The number of hydrogen-bond donors (Lipinski definition) is 1. The molecule has 0 saturated heterocycles. The van der Waals surface area contributed by atoms with Crippen LogP contribution in [-0.2, 0) is 13.2 Å². The van der Waals surface area contributed by atoms with Gasteiger partial charge in [0.25, 0.3) is 0 Å². The summed E-state index contributed by atoms with van der Waals surface area (Å²) in [5.41, 5.74) is 5.61. The fraction of sp³-hybridized carbons (Fsp3) is 0.136. The maximum absolute atomic E-state index is 13.4. The molecule has 6 nitrogen and oxygen atoms in total. The lowest BCUT2D eigenvalue weighted by molar-refractivity contribution is -0.137. The molecule has 0 radical (unpaired) electrons. The molecule has 0 bridgehead atoms. The topological polar surface area (TPSA) is 83.0 Å². The van der Waals surface area contributed by atoms with Gasteiger partial charge in [0.2, 0.25) is 5.91 Å². The second kappa shape index (κ2) is 7.42. The zero-order chi connectivity index (χ0) is 22.3. The summed E-state index contributed by atoms with van der Waals surface area (Å²) in [6.45, 7) is 1.91. The quantitative estimate of drug-likeness (QED) is 0.506. The van der Waals surface area contributed by atoms with E-state index in [-0.39, 0.29) is 11.3 Å². The Morgan fingerprint density at radius 3 is 2.52 bits per heavy atom. The Balaban J connectivity index is 1.69. The minimum atomic E-state index is -4.73. The number of carbonyl (C=O) groups is 1. The molecular weight excluding hydrogens is 409 g/mol. The Labute approximate surface area is 175 Å². The van der Waals surface area contributed by atoms with Crippen LogP contribution in [0, 0.1) is 6.92 Å². The first-order chi connectivity index (χ1) is 14.6. The Hall–Kier alpha value is -3.88. The van der Waals surface area contributed by atoms with Gasteiger partial charge in [0, 0.05) is 36.3 Å². The fourth-order valence-corrected chi connectivity index (χ4v) is 3.40. The number of primary amides is 1. The molecule has 4 rings (SSSR count). The van der Waals surface area contributed by atoms with Crippen LogP contribution in [0.3, 0.4) is 0 Å². The molecule has 2 heterocycles. The molecule has 1 amide bonds. The van der Waals surface area contributed by atoms with Crippen LogP contribution in [-0.4, -0.2) is 20.7 Å². The summed E-state index contributed by atoms with van der Waals surface area (Å²) in [6.07, 6.45) is -3.29. The van der Waals surface area contributed by atoms with Crippen molar-refractivity contribution in [3.05, 3.63) is 71.5 Å². The number of aromatic nitrogens is 3. The Bertz CT molecular complexity index is 1310. The lowest BCUT2D eigenvalue weighted by atomic mass is 10.0. The molecule has 0 aliphatic heterocycles. The monoisotopic (exact) mass is 426 g/mol. The van der Waals surface area contributed by atoms with E-state index in [2.05, 4.69) is 10.1 Å². The second-order valence-corrected chi connectivity index (χ2v) is 6.99. The fourth-order valence-electron chi connectivity index (χ4n) is 3.40. The Kier molecular flexibility index (Phi) is 4.88. The van der Waals surface area contributed by atoms with Crippen molar-refractivity contribution in [2.45, 2.75) is 13.1 Å². The van der Waals surface area contributed by atoms with Crippen LogP contribution in [0.15, 0.2) is 54.7 Å². The predicted octanol–water partition coefficient (Wildman–Crippen LogP) is 4.85. The number of carbonyl (C=O) groups excluding carboxylic acids is 1. The van der Waals surface area contributed by atoms with Gasteiger partial charge in [0.1, 0.15) is 11.5 Å². The van der Waals surface area contributed by atoms with Crippen LogP contribution in [0.1, 0.15) is 21.6 Å². The molecule has 0 fully saturated rings. The Morgan fingerprint density at radius 1 is 1.06 bits per heavy atom. The highest BCUT2D eigenvalue weighted by Gasteiger charge is 2.35. The molecule has 2 N–H and O–H groups in total. The van der Waals surface area contributed by atoms with Crippen molar-refractivity contribution in [2.75, 3.05) is 0 Å². The molecule has 9 heteroatoms. The van der Waals surface area contributed by atoms with Crippen molar-refractivity contribution in [2.24, 2.45) is 12.8 Å². The highest BCUT2D eigenvalue weighted by Crippen LogP contribution is 2.35. The van der Waals surface area contributed by atoms with E-state index >= 15 is 0 Å². The van der Waals surface area contributed by atoms with Crippen molar-refractivity contribution in [3.63, 3.8) is 0 Å². The van der Waals surface area contributed by atoms with Gasteiger partial charge in [-0.3, -0.25) is 14.5 Å². The average Bonchev–Trinajstić information content (AvgIpc) is 3.00. The molecule has 0 spiro atoms. The molecule has 2 aromatic heterocycles. The molecule has 0 unspecified atom stereocenters. The van der Waals surface area contributed by atoms with Gasteiger partial charge >= 0.3 is 6.18 Å². The molecule has 158 valence electrons. The van der Waals surface area contributed by atoms with Crippen molar-refractivity contribution in [1.82, 2.24) is 14.8 Å². The van der Waals surface area contributed by atoms with Gasteiger partial charge in [-0.05, 0) is 37.3 Å². The van der Waals surface area contributed by atoms with Crippen molar-refractivity contribution < 1.29 is 22.7 Å².